The van der Waals surface area contributed by atoms with Gasteiger partial charge in [-0.25, -0.2) is 0 Å². The van der Waals surface area contributed by atoms with Crippen molar-refractivity contribution in [3.05, 3.63) is 53.1 Å². The third-order valence-electron chi connectivity index (χ3n) is 3.60. The Morgan fingerprint density at radius 2 is 1.52 bits per heavy atom. The van der Waals surface area contributed by atoms with Crippen LogP contribution in [-0.2, 0) is 6.42 Å². The highest BCUT2D eigenvalue weighted by atomic mass is 16.5. The first-order valence-electron chi connectivity index (χ1n) is 7.19. The Bertz CT molecular complexity index is 668. The molecule has 0 saturated carbocycles. The molecular weight excluding hydrogens is 294 g/mol. The minimum absolute atomic E-state index is 0.441. The van der Waals surface area contributed by atoms with Crippen LogP contribution in [0.25, 0.3) is 0 Å². The van der Waals surface area contributed by atoms with Gasteiger partial charge in [0, 0.05) is 6.42 Å². The van der Waals surface area contributed by atoms with Gasteiger partial charge in [0.05, 0.1) is 27.0 Å². The lowest BCUT2D eigenvalue weighted by molar-refractivity contribution is 0.318. The molecule has 5 nitrogen and oxygen atoms in total. The minimum atomic E-state index is 0.441. The maximum atomic E-state index is 9.36. The predicted molar refractivity (Wildman–Crippen MR) is 89.3 cm³/mol. The first kappa shape index (κ1) is 16.7. The van der Waals surface area contributed by atoms with E-state index < -0.39 is 0 Å². The van der Waals surface area contributed by atoms with Crippen LogP contribution in [0.1, 0.15) is 16.7 Å². The summed E-state index contributed by atoms with van der Waals surface area (Å²) in [5.41, 5.74) is 3.48. The van der Waals surface area contributed by atoms with Crippen LogP contribution in [0.5, 0.6) is 17.2 Å². The maximum absolute atomic E-state index is 9.36. The highest BCUT2D eigenvalue weighted by molar-refractivity contribution is 6.01. The largest absolute Gasteiger partial charge is 0.493 e. The number of hydrogen-bond donors (Lipinski definition) is 1. The summed E-state index contributed by atoms with van der Waals surface area (Å²) in [7, 11) is 4.71. The van der Waals surface area contributed by atoms with Gasteiger partial charge in [-0.3, -0.25) is 0 Å². The van der Waals surface area contributed by atoms with Crippen molar-refractivity contribution in [3.63, 3.8) is 0 Å². The Labute approximate surface area is 136 Å². The predicted octanol–water partition coefficient (Wildman–Crippen LogP) is 3.44. The van der Waals surface area contributed by atoms with E-state index in [1.54, 1.807) is 21.3 Å². The molecule has 1 N–H and O–H groups in total. The van der Waals surface area contributed by atoms with E-state index in [0.717, 1.165) is 16.7 Å². The topological polar surface area (TPSA) is 60.3 Å². The standard InChI is InChI=1S/C18H21NO4/c1-12-5-7-14(8-6-12)15(19-20)9-13-10-16(21-2)18(23-4)17(11-13)22-3/h5-8,10-11,20H,9H2,1-4H3. The van der Waals surface area contributed by atoms with Gasteiger partial charge in [0.2, 0.25) is 5.75 Å². The van der Waals surface area contributed by atoms with Crippen molar-refractivity contribution in [3.8, 4) is 17.2 Å². The van der Waals surface area contributed by atoms with Crippen LogP contribution in [0, 0.1) is 6.92 Å². The van der Waals surface area contributed by atoms with Crippen LogP contribution < -0.4 is 14.2 Å². The fourth-order valence-corrected chi connectivity index (χ4v) is 2.37. The van der Waals surface area contributed by atoms with Crippen LogP contribution in [-0.4, -0.2) is 32.2 Å². The lowest BCUT2D eigenvalue weighted by Gasteiger charge is -2.14. The minimum Gasteiger partial charge on any atom is -0.493 e. The summed E-state index contributed by atoms with van der Waals surface area (Å²) in [4.78, 5) is 0. The molecule has 0 unspecified atom stereocenters. The number of oxime groups is 1. The van der Waals surface area contributed by atoms with Crippen molar-refractivity contribution in [1.82, 2.24) is 0 Å². The Morgan fingerprint density at radius 3 is 1.96 bits per heavy atom. The second-order valence-electron chi connectivity index (χ2n) is 5.12. The number of ether oxygens (including phenoxy) is 3. The molecule has 0 spiro atoms. The molecule has 5 heteroatoms. The van der Waals surface area contributed by atoms with E-state index in [9.17, 15) is 5.21 Å². The second kappa shape index (κ2) is 7.54. The van der Waals surface area contributed by atoms with E-state index in [4.69, 9.17) is 14.2 Å². The number of methoxy groups -OCH3 is 3. The van der Waals surface area contributed by atoms with Gasteiger partial charge in [-0.05, 0) is 30.2 Å². The SMILES string of the molecule is COc1cc(CC(=NO)c2ccc(C)cc2)cc(OC)c1OC. The molecule has 0 aliphatic rings. The molecule has 0 heterocycles. The van der Waals surface area contributed by atoms with Crippen molar-refractivity contribution < 1.29 is 19.4 Å². The number of hydrogen-bond acceptors (Lipinski definition) is 5. The fraction of sp³-hybridized carbons (Fsp3) is 0.278. The Balaban J connectivity index is 2.36. The Hall–Kier alpha value is -2.69. The Morgan fingerprint density at radius 1 is 0.957 bits per heavy atom. The normalized spacial score (nSPS) is 11.2. The van der Waals surface area contributed by atoms with Gasteiger partial charge in [0.15, 0.2) is 11.5 Å². The van der Waals surface area contributed by atoms with Gasteiger partial charge in [0.25, 0.3) is 0 Å². The summed E-state index contributed by atoms with van der Waals surface area (Å²) < 4.78 is 16.0. The molecule has 23 heavy (non-hydrogen) atoms. The van der Waals surface area contributed by atoms with Gasteiger partial charge >= 0.3 is 0 Å². The summed E-state index contributed by atoms with van der Waals surface area (Å²) in [6.45, 7) is 2.01. The van der Waals surface area contributed by atoms with Crippen molar-refractivity contribution in [2.75, 3.05) is 21.3 Å². The molecule has 0 aliphatic heterocycles. The zero-order valence-electron chi connectivity index (χ0n) is 13.8. The molecule has 0 bridgehead atoms. The van der Waals surface area contributed by atoms with Crippen LogP contribution >= 0.6 is 0 Å². The van der Waals surface area contributed by atoms with Crippen LogP contribution in [0.4, 0.5) is 0 Å². The van der Waals surface area contributed by atoms with Crippen molar-refractivity contribution in [2.24, 2.45) is 5.16 Å². The first-order chi connectivity index (χ1) is 11.1. The summed E-state index contributed by atoms with van der Waals surface area (Å²) in [5.74, 6) is 1.68. The van der Waals surface area contributed by atoms with Crippen LogP contribution in [0.15, 0.2) is 41.6 Å². The third-order valence-corrected chi connectivity index (χ3v) is 3.60. The van der Waals surface area contributed by atoms with Crippen LogP contribution in [0.2, 0.25) is 0 Å². The summed E-state index contributed by atoms with van der Waals surface area (Å²) in [6.07, 6.45) is 0.441. The molecule has 0 atom stereocenters. The highest BCUT2D eigenvalue weighted by Gasteiger charge is 2.15. The quantitative estimate of drug-likeness (QED) is 0.504. The van der Waals surface area contributed by atoms with Gasteiger partial charge in [-0.15, -0.1) is 0 Å². The number of nitrogens with zero attached hydrogens (tertiary/aromatic N) is 1. The summed E-state index contributed by atoms with van der Waals surface area (Å²) in [5, 5.41) is 12.8. The third kappa shape index (κ3) is 3.74. The van der Waals surface area contributed by atoms with E-state index in [1.165, 1.54) is 0 Å². The summed E-state index contributed by atoms with van der Waals surface area (Å²) in [6, 6.07) is 11.5. The van der Waals surface area contributed by atoms with E-state index in [1.807, 2.05) is 43.3 Å². The molecule has 2 aromatic carbocycles. The molecule has 2 rings (SSSR count). The molecule has 0 aromatic heterocycles. The van der Waals surface area contributed by atoms with Gasteiger partial charge in [0.1, 0.15) is 0 Å². The molecule has 0 saturated heterocycles. The monoisotopic (exact) mass is 315 g/mol. The lowest BCUT2D eigenvalue weighted by atomic mass is 10.0. The van der Waals surface area contributed by atoms with Gasteiger partial charge in [-0.2, -0.15) is 0 Å². The molecule has 0 radical (unpaired) electrons. The van der Waals surface area contributed by atoms with E-state index in [0.29, 0.717) is 29.4 Å². The van der Waals surface area contributed by atoms with E-state index in [-0.39, 0.29) is 0 Å². The highest BCUT2D eigenvalue weighted by Crippen LogP contribution is 2.38. The average molecular weight is 315 g/mol. The van der Waals surface area contributed by atoms with Crippen LogP contribution in [0.3, 0.4) is 0 Å². The Kier molecular flexibility index (Phi) is 5.46. The summed E-state index contributed by atoms with van der Waals surface area (Å²) >= 11 is 0. The molecule has 122 valence electrons. The zero-order valence-corrected chi connectivity index (χ0v) is 13.8. The van der Waals surface area contributed by atoms with Gasteiger partial charge in [-0.1, -0.05) is 35.0 Å². The smallest absolute Gasteiger partial charge is 0.203 e. The van der Waals surface area contributed by atoms with Gasteiger partial charge < -0.3 is 19.4 Å². The number of aryl methyl sites for hydroxylation is 1. The second-order valence-corrected chi connectivity index (χ2v) is 5.12. The number of benzene rings is 2. The lowest BCUT2D eigenvalue weighted by Crippen LogP contribution is -2.06. The van der Waals surface area contributed by atoms with E-state index >= 15 is 0 Å². The fourth-order valence-electron chi connectivity index (χ4n) is 2.37. The average Bonchev–Trinajstić information content (AvgIpc) is 2.59. The van der Waals surface area contributed by atoms with Crippen molar-refractivity contribution >= 4 is 5.71 Å². The zero-order chi connectivity index (χ0) is 16.8. The molecular formula is C18H21NO4. The molecule has 0 aliphatic carbocycles. The first-order valence-corrected chi connectivity index (χ1v) is 7.19. The van der Waals surface area contributed by atoms with E-state index in [2.05, 4.69) is 5.16 Å². The maximum Gasteiger partial charge on any atom is 0.203 e. The molecule has 2 aromatic rings. The van der Waals surface area contributed by atoms with Crippen molar-refractivity contribution in [1.29, 1.82) is 0 Å². The molecule has 0 fully saturated rings. The van der Waals surface area contributed by atoms with Crippen molar-refractivity contribution in [2.45, 2.75) is 13.3 Å². The molecule has 0 amide bonds. The number of rotatable bonds is 6.